The van der Waals surface area contributed by atoms with E-state index in [0.29, 0.717) is 17.6 Å². The molecule has 2 atom stereocenters. The molecule has 1 aliphatic heterocycles. The largest absolute Gasteiger partial charge is 0.474 e. The predicted molar refractivity (Wildman–Crippen MR) is 80.5 cm³/mol. The Morgan fingerprint density at radius 3 is 3.10 bits per heavy atom. The Bertz CT molecular complexity index is 428. The quantitative estimate of drug-likeness (QED) is 0.799. The van der Waals surface area contributed by atoms with Crippen molar-refractivity contribution in [2.75, 3.05) is 25.1 Å². The molecule has 2 heterocycles. The molecule has 21 heavy (non-hydrogen) atoms. The Labute approximate surface area is 125 Å². The summed E-state index contributed by atoms with van der Waals surface area (Å²) < 4.78 is 11.2. The Hall–Kier alpha value is -1.40. The van der Waals surface area contributed by atoms with Gasteiger partial charge < -0.3 is 19.9 Å². The van der Waals surface area contributed by atoms with Gasteiger partial charge in [-0.2, -0.15) is 4.98 Å². The average molecular weight is 295 g/mol. The molecule has 2 N–H and O–H groups in total. The highest BCUT2D eigenvalue weighted by atomic mass is 16.5. The highest BCUT2D eigenvalue weighted by molar-refractivity contribution is 5.35. The van der Waals surface area contributed by atoms with E-state index in [0.717, 1.165) is 25.9 Å². The number of hydrogen-bond donors (Lipinski definition) is 2. The summed E-state index contributed by atoms with van der Waals surface area (Å²) in [6, 6.07) is 0.253. The van der Waals surface area contributed by atoms with E-state index in [4.69, 9.17) is 14.6 Å². The second kappa shape index (κ2) is 8.14. The number of rotatable bonds is 7. The minimum Gasteiger partial charge on any atom is -0.474 e. The first kappa shape index (κ1) is 16.0. The molecule has 0 saturated carbocycles. The molecule has 1 saturated heterocycles. The van der Waals surface area contributed by atoms with Crippen LogP contribution >= 0.6 is 0 Å². The number of aliphatic hydroxyl groups excluding tert-OH is 1. The molecule has 118 valence electrons. The van der Waals surface area contributed by atoms with Crippen LogP contribution in [0, 0.1) is 5.92 Å². The van der Waals surface area contributed by atoms with Crippen molar-refractivity contribution in [3.63, 3.8) is 0 Å². The van der Waals surface area contributed by atoms with Gasteiger partial charge in [0, 0.05) is 6.61 Å². The van der Waals surface area contributed by atoms with Crippen LogP contribution in [-0.2, 0) is 4.74 Å². The molecular weight excluding hydrogens is 270 g/mol. The molecule has 2 rings (SSSR count). The molecule has 1 fully saturated rings. The molecule has 1 aliphatic rings. The second-order valence-electron chi connectivity index (χ2n) is 5.75. The number of anilines is 1. The highest BCUT2D eigenvalue weighted by Gasteiger charge is 2.26. The summed E-state index contributed by atoms with van der Waals surface area (Å²) in [5, 5.41) is 12.2. The van der Waals surface area contributed by atoms with Gasteiger partial charge in [-0.25, -0.2) is 0 Å². The van der Waals surface area contributed by atoms with Gasteiger partial charge in [0.25, 0.3) is 0 Å². The minimum atomic E-state index is -0.0355. The molecule has 0 amide bonds. The molecule has 1 aromatic heterocycles. The standard InChI is InChI=1S/C15H25N3O3/c1-11(2)8-13-12(4-3-6-20-13)17-14-9-16-10-15(18-14)21-7-5-19/h9-13,19H,3-8H2,1-2H3,(H,17,18). The number of aliphatic hydroxyl groups is 1. The van der Waals surface area contributed by atoms with Crippen LogP contribution in [0.15, 0.2) is 12.4 Å². The van der Waals surface area contributed by atoms with Gasteiger partial charge in [0.15, 0.2) is 0 Å². The van der Waals surface area contributed by atoms with Crippen LogP contribution in [0.1, 0.15) is 33.1 Å². The molecule has 6 nitrogen and oxygen atoms in total. The Kier molecular flexibility index (Phi) is 6.20. The Morgan fingerprint density at radius 2 is 2.33 bits per heavy atom. The van der Waals surface area contributed by atoms with E-state index in [-0.39, 0.29) is 25.4 Å². The summed E-state index contributed by atoms with van der Waals surface area (Å²) in [6.07, 6.45) is 6.60. The van der Waals surface area contributed by atoms with Crippen LogP contribution in [0.5, 0.6) is 5.88 Å². The van der Waals surface area contributed by atoms with E-state index in [1.54, 1.807) is 12.4 Å². The molecule has 2 unspecified atom stereocenters. The van der Waals surface area contributed by atoms with Crippen LogP contribution in [-0.4, -0.2) is 47.0 Å². The lowest BCUT2D eigenvalue weighted by atomic mass is 9.95. The minimum absolute atomic E-state index is 0.0355. The second-order valence-corrected chi connectivity index (χ2v) is 5.75. The van der Waals surface area contributed by atoms with Crippen LogP contribution in [0.3, 0.4) is 0 Å². The molecule has 0 aromatic carbocycles. The molecule has 6 heteroatoms. The maximum absolute atomic E-state index is 8.77. The first-order chi connectivity index (χ1) is 10.2. The van der Waals surface area contributed by atoms with Crippen molar-refractivity contribution >= 4 is 5.82 Å². The first-order valence-corrected chi connectivity index (χ1v) is 7.63. The van der Waals surface area contributed by atoms with Crippen molar-refractivity contribution in [2.45, 2.75) is 45.3 Å². The van der Waals surface area contributed by atoms with E-state index in [2.05, 4.69) is 29.1 Å². The van der Waals surface area contributed by atoms with Crippen molar-refractivity contribution < 1.29 is 14.6 Å². The monoisotopic (exact) mass is 295 g/mol. The van der Waals surface area contributed by atoms with Crippen LogP contribution in [0.2, 0.25) is 0 Å². The van der Waals surface area contributed by atoms with Crippen molar-refractivity contribution in [3.05, 3.63) is 12.4 Å². The smallest absolute Gasteiger partial charge is 0.234 e. The van der Waals surface area contributed by atoms with Gasteiger partial charge in [-0.15, -0.1) is 0 Å². The SMILES string of the molecule is CC(C)CC1OCCCC1Nc1cncc(OCCO)n1. The Morgan fingerprint density at radius 1 is 1.48 bits per heavy atom. The van der Waals surface area contributed by atoms with Crippen LogP contribution in [0.4, 0.5) is 5.82 Å². The molecule has 0 aliphatic carbocycles. The zero-order valence-electron chi connectivity index (χ0n) is 12.8. The number of nitrogens with zero attached hydrogens (tertiary/aromatic N) is 2. The number of ether oxygens (including phenoxy) is 2. The molecule has 0 spiro atoms. The fourth-order valence-electron chi connectivity index (χ4n) is 2.53. The highest BCUT2D eigenvalue weighted by Crippen LogP contribution is 2.23. The zero-order valence-corrected chi connectivity index (χ0v) is 12.8. The lowest BCUT2D eigenvalue weighted by molar-refractivity contribution is -0.00471. The Balaban J connectivity index is 1.97. The van der Waals surface area contributed by atoms with Gasteiger partial charge >= 0.3 is 0 Å². The third-order valence-electron chi connectivity index (χ3n) is 3.43. The van der Waals surface area contributed by atoms with Gasteiger partial charge in [0.1, 0.15) is 12.4 Å². The lowest BCUT2D eigenvalue weighted by Crippen LogP contribution is -2.40. The van der Waals surface area contributed by atoms with Crippen molar-refractivity contribution in [3.8, 4) is 5.88 Å². The zero-order chi connectivity index (χ0) is 15.1. The summed E-state index contributed by atoms with van der Waals surface area (Å²) >= 11 is 0. The van der Waals surface area contributed by atoms with Crippen LogP contribution in [0.25, 0.3) is 0 Å². The van der Waals surface area contributed by atoms with Gasteiger partial charge in [-0.05, 0) is 25.2 Å². The molecular formula is C15H25N3O3. The summed E-state index contributed by atoms with van der Waals surface area (Å²) in [4.78, 5) is 8.47. The maximum atomic E-state index is 8.77. The van der Waals surface area contributed by atoms with E-state index in [1.807, 2.05) is 0 Å². The molecule has 0 bridgehead atoms. The number of aromatic nitrogens is 2. The topological polar surface area (TPSA) is 76.5 Å². The predicted octanol–water partition coefficient (Wildman–Crippen LogP) is 1.85. The summed E-state index contributed by atoms with van der Waals surface area (Å²) in [7, 11) is 0. The van der Waals surface area contributed by atoms with E-state index in [1.165, 1.54) is 0 Å². The fourth-order valence-corrected chi connectivity index (χ4v) is 2.53. The fraction of sp³-hybridized carbons (Fsp3) is 0.733. The van der Waals surface area contributed by atoms with Gasteiger partial charge in [-0.1, -0.05) is 13.8 Å². The summed E-state index contributed by atoms with van der Waals surface area (Å²) in [5.41, 5.74) is 0. The van der Waals surface area contributed by atoms with Crippen LogP contribution < -0.4 is 10.1 Å². The number of nitrogens with one attached hydrogen (secondary N) is 1. The lowest BCUT2D eigenvalue weighted by Gasteiger charge is -2.33. The third-order valence-corrected chi connectivity index (χ3v) is 3.43. The van der Waals surface area contributed by atoms with Gasteiger partial charge in [-0.3, -0.25) is 4.98 Å². The maximum Gasteiger partial charge on any atom is 0.234 e. The van der Waals surface area contributed by atoms with E-state index >= 15 is 0 Å². The first-order valence-electron chi connectivity index (χ1n) is 7.63. The summed E-state index contributed by atoms with van der Waals surface area (Å²) in [6.45, 7) is 5.43. The molecule has 1 aromatic rings. The van der Waals surface area contributed by atoms with Crippen molar-refractivity contribution in [1.82, 2.24) is 9.97 Å². The van der Waals surface area contributed by atoms with E-state index < -0.39 is 0 Å². The molecule has 0 radical (unpaired) electrons. The van der Waals surface area contributed by atoms with Crippen molar-refractivity contribution in [2.24, 2.45) is 5.92 Å². The van der Waals surface area contributed by atoms with Gasteiger partial charge in [0.05, 0.1) is 31.1 Å². The van der Waals surface area contributed by atoms with E-state index in [9.17, 15) is 0 Å². The third kappa shape index (κ3) is 5.13. The van der Waals surface area contributed by atoms with Gasteiger partial charge in [0.2, 0.25) is 5.88 Å². The average Bonchev–Trinajstić information content (AvgIpc) is 2.47. The normalized spacial score (nSPS) is 22.3. The summed E-state index contributed by atoms with van der Waals surface area (Å²) in [5.74, 6) is 1.71. The van der Waals surface area contributed by atoms with Crippen molar-refractivity contribution in [1.29, 1.82) is 0 Å². The number of hydrogen-bond acceptors (Lipinski definition) is 6.